The molecule has 0 fully saturated rings. The van der Waals surface area contributed by atoms with E-state index in [0.29, 0.717) is 6.07 Å². The quantitative estimate of drug-likeness (QED) is 0.693. The van der Waals surface area contributed by atoms with Crippen LogP contribution in [0.5, 0.6) is 0 Å². The molecule has 0 atom stereocenters. The first-order valence-electron chi connectivity index (χ1n) is 5.42. The highest BCUT2D eigenvalue weighted by molar-refractivity contribution is 7.92. The first-order chi connectivity index (χ1) is 9.40. The Hall–Kier alpha value is -2.48. The zero-order chi connectivity index (χ0) is 14.8. The summed E-state index contributed by atoms with van der Waals surface area (Å²) in [6.07, 6.45) is 0. The molecule has 0 unspecified atom stereocenters. The molecule has 0 aliphatic rings. The number of benzene rings is 2. The maximum Gasteiger partial charge on any atom is 0.296 e. The number of anilines is 1. The standard InChI is InChI=1S/C12H9FN2O4S/c13-9-6-7-11(12(8-9)15(16)17)14-20(18,19)10-4-2-1-3-5-10/h1-8,14H. The Morgan fingerprint density at radius 2 is 1.75 bits per heavy atom. The van der Waals surface area contributed by atoms with E-state index in [2.05, 4.69) is 4.72 Å². The summed E-state index contributed by atoms with van der Waals surface area (Å²) in [5.74, 6) is -0.820. The largest absolute Gasteiger partial charge is 0.296 e. The lowest BCUT2D eigenvalue weighted by atomic mass is 10.3. The molecule has 1 N–H and O–H groups in total. The molecule has 6 nitrogen and oxygen atoms in total. The summed E-state index contributed by atoms with van der Waals surface area (Å²) in [5, 5.41) is 10.8. The van der Waals surface area contributed by atoms with Crippen molar-refractivity contribution in [1.29, 1.82) is 0 Å². The third-order valence-electron chi connectivity index (χ3n) is 2.45. The van der Waals surface area contributed by atoms with Gasteiger partial charge in [0.05, 0.1) is 15.9 Å². The number of rotatable bonds is 4. The van der Waals surface area contributed by atoms with Crippen LogP contribution in [0.1, 0.15) is 0 Å². The highest BCUT2D eigenvalue weighted by atomic mass is 32.2. The van der Waals surface area contributed by atoms with Crippen molar-refractivity contribution in [2.75, 3.05) is 4.72 Å². The number of sulfonamides is 1. The van der Waals surface area contributed by atoms with Crippen molar-refractivity contribution in [3.63, 3.8) is 0 Å². The van der Waals surface area contributed by atoms with Crippen molar-refractivity contribution in [3.05, 3.63) is 64.5 Å². The van der Waals surface area contributed by atoms with Crippen LogP contribution in [0, 0.1) is 15.9 Å². The van der Waals surface area contributed by atoms with Gasteiger partial charge in [-0.15, -0.1) is 0 Å². The summed E-state index contributed by atoms with van der Waals surface area (Å²) in [6.45, 7) is 0. The van der Waals surface area contributed by atoms with Gasteiger partial charge < -0.3 is 0 Å². The minimum absolute atomic E-state index is 0.0429. The van der Waals surface area contributed by atoms with Gasteiger partial charge in [-0.3, -0.25) is 14.8 Å². The zero-order valence-corrected chi connectivity index (χ0v) is 10.8. The number of nitrogens with zero attached hydrogens (tertiary/aromatic N) is 1. The lowest BCUT2D eigenvalue weighted by Crippen LogP contribution is -2.14. The van der Waals surface area contributed by atoms with Gasteiger partial charge in [0.25, 0.3) is 15.7 Å². The average molecular weight is 296 g/mol. The smallest absolute Gasteiger partial charge is 0.273 e. The van der Waals surface area contributed by atoms with E-state index in [1.807, 2.05) is 0 Å². The third kappa shape index (κ3) is 2.91. The van der Waals surface area contributed by atoms with Crippen molar-refractivity contribution in [2.45, 2.75) is 4.90 Å². The van der Waals surface area contributed by atoms with Crippen LogP contribution in [-0.2, 0) is 10.0 Å². The fourth-order valence-corrected chi connectivity index (χ4v) is 2.64. The van der Waals surface area contributed by atoms with Crippen molar-refractivity contribution >= 4 is 21.4 Å². The molecule has 0 aliphatic carbocycles. The Balaban J connectivity index is 2.43. The van der Waals surface area contributed by atoms with Gasteiger partial charge in [-0.05, 0) is 24.3 Å². The number of hydrogen-bond donors (Lipinski definition) is 1. The van der Waals surface area contributed by atoms with Gasteiger partial charge in [-0.1, -0.05) is 18.2 Å². The summed E-state index contributed by atoms with van der Waals surface area (Å²) in [7, 11) is -3.96. The second kappa shape index (κ2) is 5.25. The predicted molar refractivity (Wildman–Crippen MR) is 70.3 cm³/mol. The second-order valence-corrected chi connectivity index (χ2v) is 5.52. The van der Waals surface area contributed by atoms with E-state index in [1.165, 1.54) is 24.3 Å². The van der Waals surface area contributed by atoms with Gasteiger partial charge in [-0.2, -0.15) is 0 Å². The van der Waals surface area contributed by atoms with Crippen LogP contribution in [0.25, 0.3) is 0 Å². The first kappa shape index (κ1) is 13.9. The number of nitrogens with one attached hydrogen (secondary N) is 1. The average Bonchev–Trinajstić information content (AvgIpc) is 2.41. The van der Waals surface area contributed by atoms with Gasteiger partial charge in [0.1, 0.15) is 11.5 Å². The molecule has 0 bridgehead atoms. The fraction of sp³-hybridized carbons (Fsp3) is 0. The van der Waals surface area contributed by atoms with E-state index >= 15 is 0 Å². The molecule has 0 radical (unpaired) electrons. The van der Waals surface area contributed by atoms with Crippen molar-refractivity contribution < 1.29 is 17.7 Å². The van der Waals surface area contributed by atoms with Crippen molar-refractivity contribution in [3.8, 4) is 0 Å². The van der Waals surface area contributed by atoms with Gasteiger partial charge >= 0.3 is 0 Å². The van der Waals surface area contributed by atoms with Crippen LogP contribution in [0.4, 0.5) is 15.8 Å². The second-order valence-electron chi connectivity index (χ2n) is 3.84. The molecule has 0 aromatic heterocycles. The highest BCUT2D eigenvalue weighted by Crippen LogP contribution is 2.27. The first-order valence-corrected chi connectivity index (χ1v) is 6.90. The summed E-state index contributed by atoms with van der Waals surface area (Å²) in [4.78, 5) is 9.90. The van der Waals surface area contributed by atoms with Crippen molar-refractivity contribution in [1.82, 2.24) is 0 Å². The van der Waals surface area contributed by atoms with Crippen LogP contribution >= 0.6 is 0 Å². The lowest BCUT2D eigenvalue weighted by Gasteiger charge is -2.08. The van der Waals surface area contributed by atoms with Gasteiger partial charge in [0, 0.05) is 0 Å². The Kier molecular flexibility index (Phi) is 3.66. The molecule has 0 amide bonds. The zero-order valence-electron chi connectivity index (χ0n) is 9.99. The monoisotopic (exact) mass is 296 g/mol. The number of hydrogen-bond acceptors (Lipinski definition) is 4. The molecule has 0 spiro atoms. The number of halogens is 1. The molecule has 20 heavy (non-hydrogen) atoms. The molecule has 104 valence electrons. The van der Waals surface area contributed by atoms with Crippen LogP contribution in [0.3, 0.4) is 0 Å². The van der Waals surface area contributed by atoms with E-state index < -0.39 is 26.5 Å². The topological polar surface area (TPSA) is 89.3 Å². The Labute approximate surface area is 114 Å². The SMILES string of the molecule is O=[N+]([O-])c1cc(F)ccc1NS(=O)(=O)c1ccccc1. The molecule has 0 heterocycles. The Morgan fingerprint density at radius 1 is 1.10 bits per heavy atom. The number of nitro benzene ring substituents is 1. The summed E-state index contributed by atoms with van der Waals surface area (Å²) in [6, 6.07) is 9.97. The van der Waals surface area contributed by atoms with E-state index in [1.54, 1.807) is 6.07 Å². The molecule has 2 aromatic rings. The molecule has 8 heteroatoms. The van der Waals surface area contributed by atoms with Crippen LogP contribution in [-0.4, -0.2) is 13.3 Å². The molecule has 0 saturated carbocycles. The lowest BCUT2D eigenvalue weighted by molar-refractivity contribution is -0.384. The number of nitro groups is 1. The van der Waals surface area contributed by atoms with E-state index in [-0.39, 0.29) is 10.6 Å². The van der Waals surface area contributed by atoms with Crippen LogP contribution in [0.15, 0.2) is 53.4 Å². The van der Waals surface area contributed by atoms with Gasteiger partial charge in [0.2, 0.25) is 0 Å². The summed E-state index contributed by atoms with van der Waals surface area (Å²) in [5.41, 5.74) is -0.940. The molecular formula is C12H9FN2O4S. The van der Waals surface area contributed by atoms with Crippen LogP contribution < -0.4 is 4.72 Å². The summed E-state index contributed by atoms with van der Waals surface area (Å²) < 4.78 is 39.1. The molecular weight excluding hydrogens is 287 g/mol. The molecule has 2 rings (SSSR count). The minimum atomic E-state index is -3.96. The van der Waals surface area contributed by atoms with Crippen LogP contribution in [0.2, 0.25) is 0 Å². The predicted octanol–water partition coefficient (Wildman–Crippen LogP) is 2.53. The fourth-order valence-electron chi connectivity index (χ4n) is 1.55. The maximum absolute atomic E-state index is 13.0. The Bertz CT molecular complexity index is 747. The van der Waals surface area contributed by atoms with E-state index in [0.717, 1.165) is 12.1 Å². The normalized spacial score (nSPS) is 11.1. The molecule has 0 saturated heterocycles. The van der Waals surface area contributed by atoms with Gasteiger partial charge in [0.15, 0.2) is 0 Å². The third-order valence-corrected chi connectivity index (χ3v) is 3.84. The van der Waals surface area contributed by atoms with E-state index in [9.17, 15) is 22.9 Å². The minimum Gasteiger partial charge on any atom is -0.273 e. The molecule has 2 aromatic carbocycles. The van der Waals surface area contributed by atoms with Gasteiger partial charge in [-0.25, -0.2) is 12.8 Å². The summed E-state index contributed by atoms with van der Waals surface area (Å²) >= 11 is 0. The Morgan fingerprint density at radius 3 is 2.35 bits per heavy atom. The maximum atomic E-state index is 13.0. The molecule has 0 aliphatic heterocycles. The highest BCUT2D eigenvalue weighted by Gasteiger charge is 2.21. The van der Waals surface area contributed by atoms with Crippen molar-refractivity contribution in [2.24, 2.45) is 0 Å². The van der Waals surface area contributed by atoms with E-state index in [4.69, 9.17) is 0 Å².